The van der Waals surface area contributed by atoms with Crippen LogP contribution in [0, 0.1) is 16.0 Å². The molecule has 0 aromatic carbocycles. The number of nitrogens with zero attached hydrogens (tertiary/aromatic N) is 3. The molecule has 0 spiro atoms. The van der Waals surface area contributed by atoms with Crippen LogP contribution in [0.25, 0.3) is 10.6 Å². The number of nitro groups is 1. The van der Waals surface area contributed by atoms with Gasteiger partial charge in [0.2, 0.25) is 0 Å². The highest BCUT2D eigenvalue weighted by Gasteiger charge is 2.20. The summed E-state index contributed by atoms with van der Waals surface area (Å²) in [4.78, 5) is 11.1. The predicted octanol–water partition coefficient (Wildman–Crippen LogP) is 2.84. The Hall–Kier alpha value is -1.89. The first-order valence-electron chi connectivity index (χ1n) is 5.96. The topological polar surface area (TPSA) is 87.0 Å². The third-order valence-corrected chi connectivity index (χ3v) is 3.85. The van der Waals surface area contributed by atoms with E-state index in [1.165, 1.54) is 6.07 Å². The zero-order valence-electron chi connectivity index (χ0n) is 11.1. The predicted molar refractivity (Wildman–Crippen MR) is 76.1 cm³/mol. The van der Waals surface area contributed by atoms with E-state index in [-0.39, 0.29) is 9.92 Å². The van der Waals surface area contributed by atoms with E-state index in [2.05, 4.69) is 18.9 Å². The van der Waals surface area contributed by atoms with Gasteiger partial charge in [0.05, 0.1) is 9.80 Å². The van der Waals surface area contributed by atoms with Crippen LogP contribution in [-0.4, -0.2) is 14.7 Å². The molecule has 0 radical (unpaired) electrons. The second-order valence-electron chi connectivity index (χ2n) is 4.83. The molecule has 0 saturated heterocycles. The number of anilines is 1. The molecular weight excluding hydrogens is 264 g/mol. The van der Waals surface area contributed by atoms with E-state index in [1.807, 2.05) is 0 Å². The molecule has 0 atom stereocenters. The number of aromatic nitrogens is 2. The normalized spacial score (nSPS) is 11.2. The lowest BCUT2D eigenvalue weighted by Gasteiger charge is -2.05. The first-order valence-corrected chi connectivity index (χ1v) is 6.77. The highest BCUT2D eigenvalue weighted by atomic mass is 32.1. The summed E-state index contributed by atoms with van der Waals surface area (Å²) < 4.78 is 1.62. The van der Waals surface area contributed by atoms with Crippen LogP contribution >= 0.6 is 11.3 Å². The highest BCUT2D eigenvalue weighted by molar-refractivity contribution is 7.18. The quantitative estimate of drug-likeness (QED) is 0.689. The van der Waals surface area contributed by atoms with Crippen LogP contribution in [0.2, 0.25) is 0 Å². The van der Waals surface area contributed by atoms with E-state index in [9.17, 15) is 10.1 Å². The molecule has 6 nitrogen and oxygen atoms in total. The van der Waals surface area contributed by atoms with Gasteiger partial charge in [-0.05, 0) is 18.4 Å². The van der Waals surface area contributed by atoms with Crippen LogP contribution in [0.15, 0.2) is 12.1 Å². The SMILES string of the molecule is CC(C)Cc1c(-c2ccc([N+](=O)[O-])s2)nn(C)c1N. The van der Waals surface area contributed by atoms with Crippen molar-refractivity contribution in [2.45, 2.75) is 20.3 Å². The molecule has 0 bridgehead atoms. The maximum atomic E-state index is 10.7. The molecule has 102 valence electrons. The summed E-state index contributed by atoms with van der Waals surface area (Å²) in [6.07, 6.45) is 0.806. The maximum absolute atomic E-state index is 10.7. The average molecular weight is 280 g/mol. The Balaban J connectivity index is 2.48. The monoisotopic (exact) mass is 280 g/mol. The van der Waals surface area contributed by atoms with Gasteiger partial charge in [-0.25, -0.2) is 0 Å². The lowest BCUT2D eigenvalue weighted by Crippen LogP contribution is -2.01. The fraction of sp³-hybridized carbons (Fsp3) is 0.417. The van der Waals surface area contributed by atoms with Gasteiger partial charge in [-0.1, -0.05) is 25.2 Å². The minimum atomic E-state index is -0.386. The largest absolute Gasteiger partial charge is 0.384 e. The van der Waals surface area contributed by atoms with Gasteiger partial charge >= 0.3 is 5.00 Å². The number of rotatable bonds is 4. The molecule has 2 rings (SSSR count). The fourth-order valence-corrected chi connectivity index (χ4v) is 2.77. The Labute approximate surface area is 115 Å². The minimum absolute atomic E-state index is 0.120. The molecular formula is C12H16N4O2S. The molecule has 2 N–H and O–H groups in total. The van der Waals surface area contributed by atoms with Gasteiger partial charge in [0.15, 0.2) is 0 Å². The van der Waals surface area contributed by atoms with E-state index < -0.39 is 0 Å². The van der Waals surface area contributed by atoms with Crippen molar-refractivity contribution < 1.29 is 4.92 Å². The first-order chi connectivity index (χ1) is 8.90. The van der Waals surface area contributed by atoms with E-state index in [4.69, 9.17) is 5.73 Å². The van der Waals surface area contributed by atoms with Crippen molar-refractivity contribution in [1.29, 1.82) is 0 Å². The minimum Gasteiger partial charge on any atom is -0.384 e. The van der Waals surface area contributed by atoms with Gasteiger partial charge in [-0.3, -0.25) is 14.8 Å². The van der Waals surface area contributed by atoms with Crippen molar-refractivity contribution in [2.75, 3.05) is 5.73 Å². The van der Waals surface area contributed by atoms with Crippen molar-refractivity contribution in [2.24, 2.45) is 13.0 Å². The van der Waals surface area contributed by atoms with Crippen LogP contribution in [-0.2, 0) is 13.5 Å². The number of aryl methyl sites for hydroxylation is 1. The standard InChI is InChI=1S/C12H16N4O2S/c1-7(2)6-8-11(14-15(3)12(8)13)9-4-5-10(19-9)16(17)18/h4-5,7H,6,13H2,1-3H3. The van der Waals surface area contributed by atoms with Gasteiger partial charge in [0, 0.05) is 18.7 Å². The fourth-order valence-electron chi connectivity index (χ4n) is 1.94. The molecule has 0 saturated carbocycles. The molecule has 7 heteroatoms. The molecule has 0 amide bonds. The Morgan fingerprint density at radius 1 is 1.53 bits per heavy atom. The Morgan fingerprint density at radius 3 is 2.74 bits per heavy atom. The molecule has 19 heavy (non-hydrogen) atoms. The summed E-state index contributed by atoms with van der Waals surface area (Å²) in [5.74, 6) is 1.07. The van der Waals surface area contributed by atoms with Crippen molar-refractivity contribution in [3.8, 4) is 10.6 Å². The first kappa shape index (κ1) is 13.5. The lowest BCUT2D eigenvalue weighted by atomic mass is 10.0. The van der Waals surface area contributed by atoms with E-state index in [0.717, 1.165) is 33.9 Å². The van der Waals surface area contributed by atoms with Crippen molar-refractivity contribution in [3.63, 3.8) is 0 Å². The van der Waals surface area contributed by atoms with Crippen LogP contribution in [0.5, 0.6) is 0 Å². The Kier molecular flexibility index (Phi) is 3.57. The zero-order valence-corrected chi connectivity index (χ0v) is 11.9. The number of hydrogen-bond donors (Lipinski definition) is 1. The van der Waals surface area contributed by atoms with Crippen molar-refractivity contribution in [3.05, 3.63) is 27.8 Å². The van der Waals surface area contributed by atoms with E-state index in [0.29, 0.717) is 11.7 Å². The zero-order chi connectivity index (χ0) is 14.2. The van der Waals surface area contributed by atoms with Crippen LogP contribution < -0.4 is 5.73 Å². The number of thiophene rings is 1. The van der Waals surface area contributed by atoms with Gasteiger partial charge < -0.3 is 5.73 Å². The lowest BCUT2D eigenvalue weighted by molar-refractivity contribution is -0.380. The van der Waals surface area contributed by atoms with Gasteiger partial charge in [0.25, 0.3) is 0 Å². The third-order valence-electron chi connectivity index (χ3n) is 2.81. The summed E-state index contributed by atoms with van der Waals surface area (Å²) in [5, 5.41) is 15.3. The molecule has 0 aliphatic carbocycles. The molecule has 0 aliphatic heterocycles. The summed E-state index contributed by atoms with van der Waals surface area (Å²) in [7, 11) is 1.78. The molecule has 2 aromatic rings. The number of nitrogen functional groups attached to an aromatic ring is 1. The molecule has 2 heterocycles. The van der Waals surface area contributed by atoms with Crippen LogP contribution in [0.4, 0.5) is 10.8 Å². The van der Waals surface area contributed by atoms with Gasteiger partial charge in [-0.15, -0.1) is 0 Å². The summed E-state index contributed by atoms with van der Waals surface area (Å²) in [6, 6.07) is 3.23. The van der Waals surface area contributed by atoms with E-state index >= 15 is 0 Å². The number of nitrogens with two attached hydrogens (primary N) is 1. The summed E-state index contributed by atoms with van der Waals surface area (Å²) in [6.45, 7) is 4.21. The second kappa shape index (κ2) is 5.00. The summed E-state index contributed by atoms with van der Waals surface area (Å²) in [5.41, 5.74) is 7.75. The van der Waals surface area contributed by atoms with Crippen LogP contribution in [0.3, 0.4) is 0 Å². The Bertz CT molecular complexity index is 615. The molecule has 0 unspecified atom stereocenters. The van der Waals surface area contributed by atoms with Crippen molar-refractivity contribution in [1.82, 2.24) is 9.78 Å². The molecule has 2 aromatic heterocycles. The Morgan fingerprint density at radius 2 is 2.21 bits per heavy atom. The van der Waals surface area contributed by atoms with Crippen molar-refractivity contribution >= 4 is 22.2 Å². The van der Waals surface area contributed by atoms with Gasteiger partial charge in [0.1, 0.15) is 11.5 Å². The van der Waals surface area contributed by atoms with E-state index in [1.54, 1.807) is 17.8 Å². The number of hydrogen-bond acceptors (Lipinski definition) is 5. The summed E-state index contributed by atoms with van der Waals surface area (Å²) >= 11 is 1.13. The maximum Gasteiger partial charge on any atom is 0.324 e. The molecule has 0 aliphatic rings. The third kappa shape index (κ3) is 2.60. The van der Waals surface area contributed by atoms with Crippen LogP contribution in [0.1, 0.15) is 19.4 Å². The molecule has 0 fully saturated rings. The average Bonchev–Trinajstić information content (AvgIpc) is 2.89. The second-order valence-corrected chi connectivity index (χ2v) is 5.89. The smallest absolute Gasteiger partial charge is 0.324 e. The van der Waals surface area contributed by atoms with Gasteiger partial charge in [-0.2, -0.15) is 5.10 Å². The highest BCUT2D eigenvalue weighted by Crippen LogP contribution is 2.36.